The van der Waals surface area contributed by atoms with Crippen molar-refractivity contribution < 1.29 is 31.1 Å². The van der Waals surface area contributed by atoms with E-state index in [1.54, 1.807) is 24.3 Å². The summed E-state index contributed by atoms with van der Waals surface area (Å²) < 4.78 is 73.5. The molecule has 0 fully saturated rings. The van der Waals surface area contributed by atoms with Gasteiger partial charge in [0.1, 0.15) is 17.4 Å². The predicted octanol–water partition coefficient (Wildman–Crippen LogP) is 2.54. The van der Waals surface area contributed by atoms with Gasteiger partial charge < -0.3 is 9.47 Å². The van der Waals surface area contributed by atoms with E-state index in [2.05, 4.69) is 9.72 Å². The van der Waals surface area contributed by atoms with Crippen LogP contribution in [0.15, 0.2) is 58.1 Å². The molecule has 16 heteroatoms. The Balaban J connectivity index is 1.91. The molecule has 37 heavy (non-hydrogen) atoms. The Bertz CT molecular complexity index is 1710. The zero-order valence-corrected chi connectivity index (χ0v) is 20.3. The zero-order chi connectivity index (χ0) is 27.1. The molecule has 0 amide bonds. The normalized spacial score (nSPS) is 12.2. The van der Waals surface area contributed by atoms with Crippen molar-refractivity contribution in [1.82, 2.24) is 18.7 Å². The summed E-state index contributed by atoms with van der Waals surface area (Å²) in [5, 5.41) is 5.49. The molecule has 2 heterocycles. The number of rotatable bonds is 7. The van der Waals surface area contributed by atoms with Crippen molar-refractivity contribution in [3.05, 3.63) is 80.0 Å². The maximum Gasteiger partial charge on any atom is 0.573 e. The number of fused-ring (bicyclic) bond motifs is 1. The molecular formula is C21H17ClF3N5O6S. The third kappa shape index (κ3) is 5.95. The van der Waals surface area contributed by atoms with Crippen molar-refractivity contribution in [3.63, 3.8) is 0 Å². The molecule has 0 saturated carbocycles. The number of aryl methyl sites for hydroxylation is 1. The highest BCUT2D eigenvalue weighted by Crippen LogP contribution is 2.30. The zero-order valence-electron chi connectivity index (χ0n) is 18.8. The Hall–Kier alpha value is -3.82. The van der Waals surface area contributed by atoms with Gasteiger partial charge in [-0.2, -0.15) is 4.98 Å². The second-order valence-electron chi connectivity index (χ2n) is 7.77. The summed E-state index contributed by atoms with van der Waals surface area (Å²) >= 11 is 5.94. The van der Waals surface area contributed by atoms with Crippen LogP contribution in [0.5, 0.6) is 17.5 Å². The number of hydrogen-bond donors (Lipinski definition) is 1. The Morgan fingerprint density at radius 3 is 2.32 bits per heavy atom. The van der Waals surface area contributed by atoms with Gasteiger partial charge in [0.25, 0.3) is 5.56 Å². The maximum absolute atomic E-state index is 13.3. The molecule has 0 radical (unpaired) electrons. The largest absolute Gasteiger partial charge is 0.573 e. The van der Waals surface area contributed by atoms with Gasteiger partial charge in [-0.1, -0.05) is 29.8 Å². The number of primary sulfonamides is 1. The summed E-state index contributed by atoms with van der Waals surface area (Å²) in [5.74, 6) is -1.77. The second kappa shape index (κ2) is 9.57. The van der Waals surface area contributed by atoms with Gasteiger partial charge in [0.15, 0.2) is 11.2 Å². The van der Waals surface area contributed by atoms with Crippen LogP contribution < -0.4 is 25.9 Å². The quantitative estimate of drug-likeness (QED) is 0.367. The van der Waals surface area contributed by atoms with E-state index in [4.69, 9.17) is 21.5 Å². The summed E-state index contributed by atoms with van der Waals surface area (Å²) in [6.07, 6.45) is -4.94. The molecule has 0 unspecified atom stereocenters. The first-order valence-corrected chi connectivity index (χ1v) is 12.3. The third-order valence-electron chi connectivity index (χ3n) is 5.01. The standard InChI is InChI=1S/C21H17ClF3N5O6S/c1-28-17-16(18(31)30(20(28)32)11-37(26,33)34)29(10-12-5-7-13(22)8-6-12)19(27-17)35-14-3-2-4-15(9-14)36-21(23,24)25/h2-9H,10-11H2,1H3,(H2,26,33,34). The van der Waals surface area contributed by atoms with Crippen LogP contribution in [0.25, 0.3) is 11.2 Å². The number of ether oxygens (including phenoxy) is 2. The van der Waals surface area contributed by atoms with Crippen LogP contribution in [-0.2, 0) is 29.5 Å². The van der Waals surface area contributed by atoms with E-state index in [-0.39, 0.29) is 29.5 Å². The van der Waals surface area contributed by atoms with Crippen LogP contribution in [0.1, 0.15) is 5.56 Å². The van der Waals surface area contributed by atoms with Gasteiger partial charge in [0.05, 0.1) is 6.54 Å². The van der Waals surface area contributed by atoms with Crippen LogP contribution in [0.2, 0.25) is 5.02 Å². The molecule has 2 aromatic carbocycles. The van der Waals surface area contributed by atoms with Gasteiger partial charge in [-0.05, 0) is 29.8 Å². The molecule has 0 spiro atoms. The van der Waals surface area contributed by atoms with Crippen molar-refractivity contribution >= 4 is 32.8 Å². The Kier molecular flexibility index (Phi) is 6.79. The summed E-state index contributed by atoms with van der Waals surface area (Å²) in [4.78, 5) is 30.2. The van der Waals surface area contributed by atoms with Crippen LogP contribution in [0, 0.1) is 0 Å². The van der Waals surface area contributed by atoms with Gasteiger partial charge >= 0.3 is 18.1 Å². The van der Waals surface area contributed by atoms with Crippen LogP contribution in [0.4, 0.5) is 13.2 Å². The fraction of sp³-hybridized carbons (Fsp3) is 0.190. The number of nitrogens with zero attached hydrogens (tertiary/aromatic N) is 4. The molecule has 4 aromatic rings. The SMILES string of the molecule is Cn1c(=O)n(CS(N)(=O)=O)c(=O)c2c1nc(Oc1cccc(OC(F)(F)F)c1)n2Cc1ccc(Cl)cc1. The van der Waals surface area contributed by atoms with Crippen molar-refractivity contribution in [2.24, 2.45) is 12.2 Å². The Morgan fingerprint density at radius 2 is 1.70 bits per heavy atom. The third-order valence-corrected chi connectivity index (χ3v) is 5.88. The summed E-state index contributed by atoms with van der Waals surface area (Å²) in [7, 11) is -3.02. The lowest BCUT2D eigenvalue weighted by atomic mass is 10.2. The summed E-state index contributed by atoms with van der Waals surface area (Å²) in [5.41, 5.74) is -1.79. The van der Waals surface area contributed by atoms with Gasteiger partial charge in [0, 0.05) is 18.1 Å². The number of hydrogen-bond acceptors (Lipinski definition) is 7. The highest BCUT2D eigenvalue weighted by molar-refractivity contribution is 7.88. The van der Waals surface area contributed by atoms with Gasteiger partial charge in [-0.3, -0.25) is 13.9 Å². The van der Waals surface area contributed by atoms with E-state index in [1.807, 2.05) is 0 Å². The number of sulfonamides is 1. The molecule has 0 aliphatic carbocycles. The first-order valence-electron chi connectivity index (χ1n) is 10.2. The molecule has 0 bridgehead atoms. The molecule has 0 atom stereocenters. The number of nitrogens with two attached hydrogens (primary N) is 1. The number of aromatic nitrogens is 4. The van der Waals surface area contributed by atoms with E-state index in [0.29, 0.717) is 15.2 Å². The average Bonchev–Trinajstić information content (AvgIpc) is 3.13. The predicted molar refractivity (Wildman–Crippen MR) is 126 cm³/mol. The van der Waals surface area contributed by atoms with Crippen LogP contribution in [0.3, 0.4) is 0 Å². The fourth-order valence-electron chi connectivity index (χ4n) is 3.48. The Labute approximate surface area is 211 Å². The lowest BCUT2D eigenvalue weighted by Gasteiger charge is -2.12. The lowest BCUT2D eigenvalue weighted by Crippen LogP contribution is -2.42. The molecule has 2 N–H and O–H groups in total. The number of halogens is 4. The van der Waals surface area contributed by atoms with Gasteiger partial charge in [0.2, 0.25) is 10.0 Å². The lowest BCUT2D eigenvalue weighted by molar-refractivity contribution is -0.274. The van der Waals surface area contributed by atoms with E-state index >= 15 is 0 Å². The van der Waals surface area contributed by atoms with Gasteiger partial charge in [-0.15, -0.1) is 13.2 Å². The minimum Gasteiger partial charge on any atom is -0.425 e. The smallest absolute Gasteiger partial charge is 0.425 e. The van der Waals surface area contributed by atoms with Crippen molar-refractivity contribution in [3.8, 4) is 17.5 Å². The minimum absolute atomic E-state index is 0.0649. The molecule has 196 valence electrons. The fourth-order valence-corrected chi connectivity index (χ4v) is 4.20. The van der Waals surface area contributed by atoms with E-state index in [9.17, 15) is 31.2 Å². The first-order chi connectivity index (χ1) is 17.2. The van der Waals surface area contributed by atoms with E-state index in [1.165, 1.54) is 23.7 Å². The van der Waals surface area contributed by atoms with Crippen molar-refractivity contribution in [2.75, 3.05) is 0 Å². The maximum atomic E-state index is 13.3. The number of benzene rings is 2. The number of alkyl halides is 3. The van der Waals surface area contributed by atoms with E-state index < -0.39 is 39.3 Å². The van der Waals surface area contributed by atoms with E-state index in [0.717, 1.165) is 16.7 Å². The Morgan fingerprint density at radius 1 is 1.05 bits per heavy atom. The molecule has 0 aliphatic heterocycles. The highest BCUT2D eigenvalue weighted by Gasteiger charge is 2.31. The summed E-state index contributed by atoms with van der Waals surface area (Å²) in [6, 6.07) is 10.8. The molecule has 0 aliphatic rings. The topological polar surface area (TPSA) is 140 Å². The minimum atomic E-state index is -4.94. The average molecular weight is 560 g/mol. The second-order valence-corrected chi connectivity index (χ2v) is 9.79. The summed E-state index contributed by atoms with van der Waals surface area (Å²) in [6.45, 7) is -0.0649. The highest BCUT2D eigenvalue weighted by atomic mass is 35.5. The monoisotopic (exact) mass is 559 g/mol. The van der Waals surface area contributed by atoms with Crippen LogP contribution >= 0.6 is 11.6 Å². The van der Waals surface area contributed by atoms with Crippen molar-refractivity contribution in [1.29, 1.82) is 0 Å². The molecule has 4 rings (SSSR count). The molecule has 0 saturated heterocycles. The number of imidazole rings is 1. The van der Waals surface area contributed by atoms with Crippen molar-refractivity contribution in [2.45, 2.75) is 18.8 Å². The molecular weight excluding hydrogens is 543 g/mol. The first kappa shape index (κ1) is 26.2. The molecule has 11 nitrogen and oxygen atoms in total. The van der Waals surface area contributed by atoms with Gasteiger partial charge in [-0.25, -0.2) is 22.9 Å². The van der Waals surface area contributed by atoms with Crippen LogP contribution in [-0.4, -0.2) is 33.5 Å². The molecule has 2 aromatic heterocycles.